The molecule has 100 valence electrons. The Morgan fingerprint density at radius 2 is 1.59 bits per heavy atom. The lowest BCUT2D eigenvalue weighted by atomic mass is 9.72. The summed E-state index contributed by atoms with van der Waals surface area (Å²) in [6, 6.07) is 1.49. The van der Waals surface area contributed by atoms with Crippen LogP contribution in [0.5, 0.6) is 0 Å². The molecule has 2 atom stereocenters. The predicted octanol–water partition coefficient (Wildman–Crippen LogP) is 4.51. The van der Waals surface area contributed by atoms with Crippen molar-refractivity contribution >= 4 is 0 Å². The van der Waals surface area contributed by atoms with Crippen molar-refractivity contribution in [3.05, 3.63) is 0 Å². The number of nitrogens with one attached hydrogen (secondary N) is 1. The zero-order valence-corrected chi connectivity index (χ0v) is 12.1. The van der Waals surface area contributed by atoms with E-state index in [4.69, 9.17) is 0 Å². The van der Waals surface area contributed by atoms with Gasteiger partial charge in [0.1, 0.15) is 0 Å². The molecule has 1 heteroatoms. The van der Waals surface area contributed by atoms with E-state index in [0.29, 0.717) is 5.41 Å². The number of hydrogen-bond acceptors (Lipinski definition) is 1. The van der Waals surface area contributed by atoms with Crippen LogP contribution in [0.4, 0.5) is 0 Å². The summed E-state index contributed by atoms with van der Waals surface area (Å²) in [5.74, 6) is 0.946. The Kier molecular flexibility index (Phi) is 4.52. The minimum atomic E-state index is 0.515. The highest BCUT2D eigenvalue weighted by Crippen LogP contribution is 2.36. The normalized spacial score (nSPS) is 32.3. The highest BCUT2D eigenvalue weighted by molar-refractivity contribution is 4.90. The first-order chi connectivity index (χ1) is 8.09. The summed E-state index contributed by atoms with van der Waals surface area (Å²) in [7, 11) is 0. The zero-order valence-electron chi connectivity index (χ0n) is 12.1. The first-order valence-corrected chi connectivity index (χ1v) is 7.86. The van der Waals surface area contributed by atoms with Crippen LogP contribution in [-0.2, 0) is 0 Å². The van der Waals surface area contributed by atoms with Crippen LogP contribution in [-0.4, -0.2) is 12.1 Å². The highest BCUT2D eigenvalue weighted by atomic mass is 15.0. The molecule has 0 aromatic heterocycles. The molecule has 2 aliphatic rings. The van der Waals surface area contributed by atoms with Gasteiger partial charge in [0.05, 0.1) is 0 Å². The minimum absolute atomic E-state index is 0.515. The fourth-order valence-corrected chi connectivity index (χ4v) is 3.89. The van der Waals surface area contributed by atoms with Crippen molar-refractivity contribution in [2.75, 3.05) is 0 Å². The Morgan fingerprint density at radius 1 is 0.941 bits per heavy atom. The van der Waals surface area contributed by atoms with Gasteiger partial charge < -0.3 is 5.32 Å². The molecule has 0 spiro atoms. The lowest BCUT2D eigenvalue weighted by molar-refractivity contribution is 0.138. The van der Waals surface area contributed by atoms with Crippen molar-refractivity contribution in [1.29, 1.82) is 0 Å². The van der Waals surface area contributed by atoms with Gasteiger partial charge in [-0.05, 0) is 43.9 Å². The molecule has 0 amide bonds. The topological polar surface area (TPSA) is 12.0 Å². The molecule has 2 aliphatic carbocycles. The van der Waals surface area contributed by atoms with E-state index in [1.54, 1.807) is 0 Å². The third-order valence-corrected chi connectivity index (χ3v) is 5.33. The van der Waals surface area contributed by atoms with Gasteiger partial charge >= 0.3 is 0 Å². The smallest absolute Gasteiger partial charge is 0.0121 e. The molecular formula is C16H31N. The molecular weight excluding hydrogens is 206 g/mol. The summed E-state index contributed by atoms with van der Waals surface area (Å²) in [6.07, 6.45) is 13.0. The second-order valence-corrected chi connectivity index (χ2v) is 7.14. The fourth-order valence-electron chi connectivity index (χ4n) is 3.89. The molecule has 2 rings (SSSR count). The van der Waals surface area contributed by atoms with E-state index < -0.39 is 0 Å². The Morgan fingerprint density at radius 3 is 2.24 bits per heavy atom. The van der Waals surface area contributed by atoms with E-state index in [2.05, 4.69) is 26.1 Å². The molecule has 0 bridgehead atoms. The Balaban J connectivity index is 1.85. The Hall–Kier alpha value is -0.0400. The third-order valence-electron chi connectivity index (χ3n) is 5.33. The monoisotopic (exact) mass is 237 g/mol. The van der Waals surface area contributed by atoms with E-state index in [0.717, 1.165) is 18.0 Å². The maximum Gasteiger partial charge on any atom is 0.0121 e. The van der Waals surface area contributed by atoms with Crippen LogP contribution in [0.1, 0.15) is 78.6 Å². The maximum atomic E-state index is 3.98. The van der Waals surface area contributed by atoms with Crippen molar-refractivity contribution in [2.24, 2.45) is 11.3 Å². The second-order valence-electron chi connectivity index (χ2n) is 7.14. The molecule has 1 unspecified atom stereocenters. The fraction of sp³-hybridized carbons (Fsp3) is 1.00. The second kappa shape index (κ2) is 5.73. The molecule has 2 saturated carbocycles. The average Bonchev–Trinajstić information content (AvgIpc) is 2.33. The van der Waals surface area contributed by atoms with E-state index in [1.807, 2.05) is 0 Å². The van der Waals surface area contributed by atoms with Gasteiger partial charge in [-0.3, -0.25) is 0 Å². The van der Waals surface area contributed by atoms with Crippen LogP contribution in [0, 0.1) is 11.3 Å². The molecule has 2 fully saturated rings. The summed E-state index contributed by atoms with van der Waals surface area (Å²) < 4.78 is 0. The SMILES string of the molecule is C[C@@H](NC1CCCCC1(C)C)C1CCCCC1. The summed E-state index contributed by atoms with van der Waals surface area (Å²) in [6.45, 7) is 7.34. The number of hydrogen-bond donors (Lipinski definition) is 1. The quantitative estimate of drug-likeness (QED) is 0.761. The minimum Gasteiger partial charge on any atom is -0.311 e. The highest BCUT2D eigenvalue weighted by Gasteiger charge is 2.34. The molecule has 0 heterocycles. The molecule has 0 aliphatic heterocycles. The lowest BCUT2D eigenvalue weighted by Gasteiger charge is -2.42. The van der Waals surface area contributed by atoms with Crippen LogP contribution in [0.15, 0.2) is 0 Å². The van der Waals surface area contributed by atoms with Crippen molar-refractivity contribution in [3.8, 4) is 0 Å². The van der Waals surface area contributed by atoms with E-state index in [1.165, 1.54) is 57.8 Å². The van der Waals surface area contributed by atoms with E-state index in [9.17, 15) is 0 Å². The van der Waals surface area contributed by atoms with Crippen LogP contribution in [0.3, 0.4) is 0 Å². The average molecular weight is 237 g/mol. The number of rotatable bonds is 3. The lowest BCUT2D eigenvalue weighted by Crippen LogP contribution is -2.50. The van der Waals surface area contributed by atoms with Gasteiger partial charge in [0.2, 0.25) is 0 Å². The molecule has 1 nitrogen and oxygen atoms in total. The summed E-state index contributed by atoms with van der Waals surface area (Å²) >= 11 is 0. The van der Waals surface area contributed by atoms with Gasteiger partial charge in [0.15, 0.2) is 0 Å². The Bertz CT molecular complexity index is 228. The molecule has 17 heavy (non-hydrogen) atoms. The molecule has 0 saturated heterocycles. The standard InChI is InChI=1S/C16H31N/c1-13(14-9-5-4-6-10-14)17-15-11-7-8-12-16(15,2)3/h13-15,17H,4-12H2,1-3H3/t13-,15?/m1/s1. The molecule has 1 N–H and O–H groups in total. The zero-order chi connectivity index (χ0) is 12.3. The molecule has 0 aromatic rings. The molecule has 0 aromatic carbocycles. The van der Waals surface area contributed by atoms with Gasteiger partial charge in [-0.25, -0.2) is 0 Å². The largest absolute Gasteiger partial charge is 0.311 e. The van der Waals surface area contributed by atoms with Crippen molar-refractivity contribution in [2.45, 2.75) is 90.6 Å². The van der Waals surface area contributed by atoms with Crippen LogP contribution in [0.25, 0.3) is 0 Å². The Labute approximate surface area is 108 Å². The first-order valence-electron chi connectivity index (χ1n) is 7.86. The van der Waals surface area contributed by atoms with Gasteiger partial charge in [-0.1, -0.05) is 46.0 Å². The van der Waals surface area contributed by atoms with Gasteiger partial charge in [0, 0.05) is 12.1 Å². The first kappa shape index (κ1) is 13.4. The summed E-state index contributed by atoms with van der Waals surface area (Å²) in [5.41, 5.74) is 0.515. The summed E-state index contributed by atoms with van der Waals surface area (Å²) in [5, 5.41) is 3.98. The van der Waals surface area contributed by atoms with Gasteiger partial charge in [0.25, 0.3) is 0 Å². The van der Waals surface area contributed by atoms with Crippen molar-refractivity contribution in [3.63, 3.8) is 0 Å². The predicted molar refractivity (Wildman–Crippen MR) is 75.2 cm³/mol. The summed E-state index contributed by atoms with van der Waals surface area (Å²) in [4.78, 5) is 0. The van der Waals surface area contributed by atoms with Crippen molar-refractivity contribution in [1.82, 2.24) is 5.32 Å². The van der Waals surface area contributed by atoms with Crippen LogP contribution < -0.4 is 5.32 Å². The van der Waals surface area contributed by atoms with Crippen molar-refractivity contribution < 1.29 is 0 Å². The molecule has 0 radical (unpaired) electrons. The maximum absolute atomic E-state index is 3.98. The van der Waals surface area contributed by atoms with Gasteiger partial charge in [-0.2, -0.15) is 0 Å². The third kappa shape index (κ3) is 3.47. The van der Waals surface area contributed by atoms with Crippen LogP contribution in [0.2, 0.25) is 0 Å². The van der Waals surface area contributed by atoms with E-state index in [-0.39, 0.29) is 0 Å². The van der Waals surface area contributed by atoms with Gasteiger partial charge in [-0.15, -0.1) is 0 Å². The van der Waals surface area contributed by atoms with E-state index >= 15 is 0 Å². The van der Waals surface area contributed by atoms with Crippen LogP contribution >= 0.6 is 0 Å².